The van der Waals surface area contributed by atoms with Crippen LogP contribution in [0.1, 0.15) is 25.6 Å². The summed E-state index contributed by atoms with van der Waals surface area (Å²) < 4.78 is 3.30. The quantitative estimate of drug-likeness (QED) is 0.768. The Morgan fingerprint density at radius 3 is 2.94 bits per heavy atom. The lowest BCUT2D eigenvalue weighted by Crippen LogP contribution is -2.02. The number of aromatic nitrogens is 2. The molecule has 0 saturated carbocycles. The molecule has 0 N–H and O–H groups in total. The summed E-state index contributed by atoms with van der Waals surface area (Å²) in [4.78, 5) is 4.54. The van der Waals surface area contributed by atoms with Crippen molar-refractivity contribution in [2.24, 2.45) is 0 Å². The van der Waals surface area contributed by atoms with Gasteiger partial charge in [0.1, 0.15) is 5.82 Å². The molecule has 0 saturated heterocycles. The normalized spacial score (nSPS) is 11.2. The van der Waals surface area contributed by atoms with Crippen LogP contribution in [0.25, 0.3) is 11.0 Å². The van der Waals surface area contributed by atoms with Gasteiger partial charge in [-0.25, -0.2) is 4.98 Å². The van der Waals surface area contributed by atoms with Crippen LogP contribution in [0.5, 0.6) is 0 Å². The fourth-order valence-corrected chi connectivity index (χ4v) is 2.37. The van der Waals surface area contributed by atoms with Crippen molar-refractivity contribution in [1.82, 2.24) is 9.55 Å². The molecule has 0 atom stereocenters. The summed E-state index contributed by atoms with van der Waals surface area (Å²) in [6.45, 7) is 3.18. The molecule has 0 aliphatic rings. The van der Waals surface area contributed by atoms with E-state index in [2.05, 4.69) is 38.5 Å². The predicted molar refractivity (Wildman–Crippen MR) is 71.9 cm³/mol. The fraction of sp³-hybridized carbons (Fsp3) is 0.417. The Hall–Kier alpha value is -0.540. The van der Waals surface area contributed by atoms with Gasteiger partial charge in [-0.3, -0.25) is 0 Å². The molecule has 0 radical (unpaired) electrons. The molecule has 2 rings (SSSR count). The number of halogens is 2. The molecule has 2 aromatic rings. The Morgan fingerprint density at radius 1 is 1.44 bits per heavy atom. The number of hydrogen-bond donors (Lipinski definition) is 0. The van der Waals surface area contributed by atoms with Gasteiger partial charge < -0.3 is 4.57 Å². The zero-order valence-electron chi connectivity index (χ0n) is 9.21. The average molecular weight is 302 g/mol. The zero-order chi connectivity index (χ0) is 11.5. The van der Waals surface area contributed by atoms with E-state index in [4.69, 9.17) is 11.6 Å². The summed E-state index contributed by atoms with van der Waals surface area (Å²) in [5.41, 5.74) is 2.19. The van der Waals surface area contributed by atoms with E-state index in [9.17, 15) is 0 Å². The Labute approximate surface area is 109 Å². The number of nitrogens with zero attached hydrogens (tertiary/aromatic N) is 2. The fourth-order valence-electron chi connectivity index (χ4n) is 1.81. The molecule has 1 aromatic carbocycles. The molecule has 1 heterocycles. The van der Waals surface area contributed by atoms with Crippen LogP contribution in [0.4, 0.5) is 0 Å². The van der Waals surface area contributed by atoms with E-state index < -0.39 is 0 Å². The lowest BCUT2D eigenvalue weighted by Gasteiger charge is -2.06. The van der Waals surface area contributed by atoms with Gasteiger partial charge in [0.2, 0.25) is 0 Å². The van der Waals surface area contributed by atoms with Crippen LogP contribution in [-0.4, -0.2) is 9.55 Å². The van der Waals surface area contributed by atoms with Crippen LogP contribution < -0.4 is 0 Å². The van der Waals surface area contributed by atoms with Gasteiger partial charge in [-0.05, 0) is 24.6 Å². The number of benzene rings is 1. The minimum absolute atomic E-state index is 0.468. The van der Waals surface area contributed by atoms with Crippen molar-refractivity contribution in [2.75, 3.05) is 0 Å². The van der Waals surface area contributed by atoms with Crippen molar-refractivity contribution < 1.29 is 0 Å². The summed E-state index contributed by atoms with van der Waals surface area (Å²) >= 11 is 9.42. The molecule has 1 aromatic heterocycles. The number of imidazole rings is 1. The molecule has 0 fully saturated rings. The molecule has 0 aliphatic carbocycles. The standard InChI is InChI=1S/C12H14BrClN2/c1-2-3-6-16-11-7-9(13)4-5-10(11)15-12(16)8-14/h4-5,7H,2-3,6,8H2,1H3. The van der Waals surface area contributed by atoms with Crippen molar-refractivity contribution in [3.8, 4) is 0 Å². The monoisotopic (exact) mass is 300 g/mol. The molecule has 0 unspecified atom stereocenters. The van der Waals surface area contributed by atoms with Gasteiger partial charge in [0.05, 0.1) is 16.9 Å². The highest BCUT2D eigenvalue weighted by molar-refractivity contribution is 9.10. The summed E-state index contributed by atoms with van der Waals surface area (Å²) in [5.74, 6) is 1.43. The number of aryl methyl sites for hydroxylation is 1. The number of unbranched alkanes of at least 4 members (excludes halogenated alkanes) is 1. The van der Waals surface area contributed by atoms with Crippen molar-refractivity contribution in [1.29, 1.82) is 0 Å². The van der Waals surface area contributed by atoms with Crippen LogP contribution >= 0.6 is 27.5 Å². The van der Waals surface area contributed by atoms with E-state index in [1.807, 2.05) is 12.1 Å². The minimum Gasteiger partial charge on any atom is -0.327 e. The molecular formula is C12H14BrClN2. The highest BCUT2D eigenvalue weighted by Crippen LogP contribution is 2.22. The first kappa shape index (κ1) is 11.9. The van der Waals surface area contributed by atoms with Crippen molar-refractivity contribution in [3.05, 3.63) is 28.5 Å². The van der Waals surface area contributed by atoms with Gasteiger partial charge in [-0.1, -0.05) is 29.3 Å². The Balaban J connectivity index is 2.52. The summed E-state index contributed by atoms with van der Waals surface area (Å²) in [6, 6.07) is 6.14. The average Bonchev–Trinajstić information content (AvgIpc) is 2.63. The van der Waals surface area contributed by atoms with E-state index >= 15 is 0 Å². The molecule has 0 bridgehead atoms. The Bertz CT molecular complexity index is 493. The second-order valence-corrected chi connectivity index (χ2v) is 4.98. The van der Waals surface area contributed by atoms with E-state index in [0.717, 1.165) is 28.8 Å². The molecular weight excluding hydrogens is 288 g/mol. The molecule has 0 spiro atoms. The van der Waals surface area contributed by atoms with Gasteiger partial charge in [-0.2, -0.15) is 0 Å². The molecule has 2 nitrogen and oxygen atoms in total. The minimum atomic E-state index is 0.468. The van der Waals surface area contributed by atoms with Crippen LogP contribution in [0.15, 0.2) is 22.7 Å². The molecule has 0 aliphatic heterocycles. The van der Waals surface area contributed by atoms with Crippen molar-refractivity contribution >= 4 is 38.6 Å². The second-order valence-electron chi connectivity index (χ2n) is 3.80. The summed E-state index contributed by atoms with van der Waals surface area (Å²) in [5, 5.41) is 0. The van der Waals surface area contributed by atoms with Crippen LogP contribution in [-0.2, 0) is 12.4 Å². The number of rotatable bonds is 4. The van der Waals surface area contributed by atoms with Crippen molar-refractivity contribution in [2.45, 2.75) is 32.2 Å². The van der Waals surface area contributed by atoms with Gasteiger partial charge in [0, 0.05) is 11.0 Å². The van der Waals surface area contributed by atoms with Gasteiger partial charge in [0.25, 0.3) is 0 Å². The highest BCUT2D eigenvalue weighted by Gasteiger charge is 2.09. The number of fused-ring (bicyclic) bond motifs is 1. The largest absolute Gasteiger partial charge is 0.327 e. The molecule has 16 heavy (non-hydrogen) atoms. The zero-order valence-corrected chi connectivity index (χ0v) is 11.6. The third-order valence-corrected chi connectivity index (χ3v) is 3.38. The van der Waals surface area contributed by atoms with E-state index in [1.165, 1.54) is 11.9 Å². The highest BCUT2D eigenvalue weighted by atomic mass is 79.9. The van der Waals surface area contributed by atoms with E-state index in [1.54, 1.807) is 0 Å². The maximum Gasteiger partial charge on any atom is 0.124 e. The van der Waals surface area contributed by atoms with Crippen LogP contribution in [0.2, 0.25) is 0 Å². The van der Waals surface area contributed by atoms with Crippen LogP contribution in [0, 0.1) is 0 Å². The number of hydrogen-bond acceptors (Lipinski definition) is 1. The number of alkyl halides is 1. The summed E-state index contributed by atoms with van der Waals surface area (Å²) in [6.07, 6.45) is 2.33. The summed E-state index contributed by atoms with van der Waals surface area (Å²) in [7, 11) is 0. The molecule has 86 valence electrons. The first-order chi connectivity index (χ1) is 7.76. The predicted octanol–water partition coefficient (Wildman–Crippen LogP) is 4.34. The third-order valence-electron chi connectivity index (χ3n) is 2.64. The van der Waals surface area contributed by atoms with Gasteiger partial charge in [-0.15, -0.1) is 11.6 Å². The second kappa shape index (κ2) is 5.19. The topological polar surface area (TPSA) is 17.8 Å². The van der Waals surface area contributed by atoms with Crippen molar-refractivity contribution in [3.63, 3.8) is 0 Å². The SMILES string of the molecule is CCCCn1c(CCl)nc2ccc(Br)cc21. The van der Waals surface area contributed by atoms with E-state index in [-0.39, 0.29) is 0 Å². The first-order valence-electron chi connectivity index (χ1n) is 5.47. The Kier molecular flexibility index (Phi) is 3.87. The van der Waals surface area contributed by atoms with Crippen LogP contribution in [0.3, 0.4) is 0 Å². The lowest BCUT2D eigenvalue weighted by atomic mass is 10.3. The van der Waals surface area contributed by atoms with Gasteiger partial charge >= 0.3 is 0 Å². The molecule has 0 amide bonds. The molecule has 4 heteroatoms. The maximum atomic E-state index is 5.93. The third kappa shape index (κ3) is 2.25. The first-order valence-corrected chi connectivity index (χ1v) is 6.79. The van der Waals surface area contributed by atoms with Gasteiger partial charge in [0.15, 0.2) is 0 Å². The smallest absolute Gasteiger partial charge is 0.124 e. The maximum absolute atomic E-state index is 5.93. The lowest BCUT2D eigenvalue weighted by molar-refractivity contribution is 0.628. The Morgan fingerprint density at radius 2 is 2.25 bits per heavy atom. The van der Waals surface area contributed by atoms with E-state index in [0.29, 0.717) is 5.88 Å².